The van der Waals surface area contributed by atoms with Gasteiger partial charge in [0.2, 0.25) is 0 Å². The molecule has 84 valence electrons. The molecule has 1 aliphatic rings. The normalized spacial score (nSPS) is 20.1. The summed E-state index contributed by atoms with van der Waals surface area (Å²) in [6.07, 6.45) is 1.81. The molecule has 0 radical (unpaired) electrons. The van der Waals surface area contributed by atoms with Crippen molar-refractivity contribution in [2.45, 2.75) is 6.10 Å². The molecule has 2 heterocycles. The van der Waals surface area contributed by atoms with Gasteiger partial charge in [0.25, 0.3) is 0 Å². The van der Waals surface area contributed by atoms with Crippen LogP contribution >= 0.6 is 0 Å². The number of nitrogens with one attached hydrogen (secondary N) is 2. The summed E-state index contributed by atoms with van der Waals surface area (Å²) < 4.78 is 5.55. The van der Waals surface area contributed by atoms with E-state index in [1.165, 1.54) is 0 Å². The van der Waals surface area contributed by atoms with E-state index in [9.17, 15) is 0 Å². The Balaban J connectivity index is 1.86. The predicted octanol–water partition coefficient (Wildman–Crippen LogP) is 0.354. The quantitative estimate of drug-likeness (QED) is 0.766. The van der Waals surface area contributed by atoms with Gasteiger partial charge in [0.05, 0.1) is 12.7 Å². The van der Waals surface area contributed by atoms with Crippen molar-refractivity contribution < 1.29 is 4.74 Å². The fourth-order valence-electron chi connectivity index (χ4n) is 1.58. The molecule has 2 rings (SSSR count). The van der Waals surface area contributed by atoms with Crippen molar-refractivity contribution in [3.05, 3.63) is 24.0 Å². The zero-order valence-corrected chi connectivity index (χ0v) is 8.94. The van der Waals surface area contributed by atoms with Crippen molar-refractivity contribution >= 4 is 5.69 Å². The minimum Gasteiger partial charge on any atom is -0.382 e. The molecule has 1 aromatic heterocycles. The van der Waals surface area contributed by atoms with Crippen LogP contribution in [0.5, 0.6) is 0 Å². The maximum absolute atomic E-state index is 8.70. The van der Waals surface area contributed by atoms with Crippen LogP contribution in [-0.2, 0) is 4.74 Å². The molecular weight excluding hydrogens is 204 g/mol. The molecule has 1 aliphatic heterocycles. The number of nitrogens with zero attached hydrogens (tertiary/aromatic N) is 2. The number of morpholine rings is 1. The average molecular weight is 218 g/mol. The first-order chi connectivity index (χ1) is 7.88. The summed E-state index contributed by atoms with van der Waals surface area (Å²) in [6, 6.07) is 5.59. The van der Waals surface area contributed by atoms with Gasteiger partial charge in [0, 0.05) is 31.5 Å². The highest BCUT2D eigenvalue weighted by atomic mass is 16.5. The van der Waals surface area contributed by atoms with E-state index >= 15 is 0 Å². The Hall–Kier alpha value is -1.64. The summed E-state index contributed by atoms with van der Waals surface area (Å²) in [7, 11) is 0. The van der Waals surface area contributed by atoms with Crippen LogP contribution in [0.4, 0.5) is 5.69 Å². The largest absolute Gasteiger partial charge is 0.382 e. The van der Waals surface area contributed by atoms with Crippen LogP contribution in [-0.4, -0.2) is 37.3 Å². The first kappa shape index (κ1) is 10.9. The summed E-state index contributed by atoms with van der Waals surface area (Å²) in [6.45, 7) is 3.28. The van der Waals surface area contributed by atoms with Crippen LogP contribution < -0.4 is 10.6 Å². The van der Waals surface area contributed by atoms with Crippen LogP contribution in [0, 0.1) is 11.3 Å². The number of pyridine rings is 1. The first-order valence-electron chi connectivity index (χ1n) is 5.31. The molecule has 5 heteroatoms. The highest BCUT2D eigenvalue weighted by molar-refractivity contribution is 5.45. The highest BCUT2D eigenvalue weighted by Crippen LogP contribution is 2.07. The van der Waals surface area contributed by atoms with Crippen LogP contribution in [0.1, 0.15) is 5.69 Å². The third-order valence-electron chi connectivity index (χ3n) is 2.41. The molecule has 0 spiro atoms. The Bertz CT molecular complexity index is 382. The molecule has 0 amide bonds. The predicted molar refractivity (Wildman–Crippen MR) is 60.1 cm³/mol. The van der Waals surface area contributed by atoms with Gasteiger partial charge in [-0.2, -0.15) is 5.26 Å². The van der Waals surface area contributed by atoms with Gasteiger partial charge in [-0.3, -0.25) is 0 Å². The van der Waals surface area contributed by atoms with Crippen molar-refractivity contribution in [2.75, 3.05) is 31.6 Å². The molecule has 5 nitrogen and oxygen atoms in total. The molecule has 1 aromatic rings. The van der Waals surface area contributed by atoms with Gasteiger partial charge in [0.1, 0.15) is 11.8 Å². The zero-order valence-electron chi connectivity index (χ0n) is 8.94. The number of rotatable bonds is 3. The first-order valence-corrected chi connectivity index (χ1v) is 5.31. The molecule has 1 fully saturated rings. The molecule has 16 heavy (non-hydrogen) atoms. The van der Waals surface area contributed by atoms with Crippen molar-refractivity contribution in [3.8, 4) is 6.07 Å². The molecular formula is C11H14N4O. The fourth-order valence-corrected chi connectivity index (χ4v) is 1.58. The van der Waals surface area contributed by atoms with Crippen LogP contribution in [0.2, 0.25) is 0 Å². The number of ether oxygens (including phenoxy) is 1. The lowest BCUT2D eigenvalue weighted by molar-refractivity contribution is 0.0372. The number of hydrogen-bond acceptors (Lipinski definition) is 5. The molecule has 0 aromatic carbocycles. The molecule has 1 unspecified atom stereocenters. The summed E-state index contributed by atoms with van der Waals surface area (Å²) in [4.78, 5) is 3.91. The van der Waals surface area contributed by atoms with E-state index in [2.05, 4.69) is 15.6 Å². The van der Waals surface area contributed by atoms with Gasteiger partial charge in [-0.25, -0.2) is 4.98 Å². The van der Waals surface area contributed by atoms with Crippen molar-refractivity contribution in [1.82, 2.24) is 10.3 Å². The lowest BCUT2D eigenvalue weighted by Gasteiger charge is -2.24. The summed E-state index contributed by atoms with van der Waals surface area (Å²) in [5.74, 6) is 0. The van der Waals surface area contributed by atoms with E-state index in [-0.39, 0.29) is 6.10 Å². The van der Waals surface area contributed by atoms with E-state index < -0.39 is 0 Å². The Morgan fingerprint density at radius 2 is 2.62 bits per heavy atom. The van der Waals surface area contributed by atoms with Gasteiger partial charge in [0.15, 0.2) is 0 Å². The maximum atomic E-state index is 8.70. The van der Waals surface area contributed by atoms with Crippen LogP contribution in [0.3, 0.4) is 0 Å². The monoisotopic (exact) mass is 218 g/mol. The average Bonchev–Trinajstić information content (AvgIpc) is 2.38. The van der Waals surface area contributed by atoms with Crippen LogP contribution in [0.15, 0.2) is 18.3 Å². The van der Waals surface area contributed by atoms with Crippen molar-refractivity contribution in [3.63, 3.8) is 0 Å². The van der Waals surface area contributed by atoms with Crippen molar-refractivity contribution in [2.24, 2.45) is 0 Å². The standard InChI is InChI=1S/C11H14N4O/c12-6-10-5-9(1-2-14-10)15-8-11-7-13-3-4-16-11/h1-2,5,11,13H,3-4,7-8H2,(H,14,15). The summed E-state index contributed by atoms with van der Waals surface area (Å²) in [5.41, 5.74) is 1.33. The molecule has 1 atom stereocenters. The maximum Gasteiger partial charge on any atom is 0.142 e. The Kier molecular flexibility index (Phi) is 3.70. The molecule has 0 saturated carbocycles. The third-order valence-corrected chi connectivity index (χ3v) is 2.41. The minimum absolute atomic E-state index is 0.187. The van der Waals surface area contributed by atoms with Gasteiger partial charge in [-0.15, -0.1) is 0 Å². The highest BCUT2D eigenvalue weighted by Gasteiger charge is 2.12. The Morgan fingerprint density at radius 1 is 1.69 bits per heavy atom. The third kappa shape index (κ3) is 2.92. The molecule has 1 saturated heterocycles. The second-order valence-corrected chi connectivity index (χ2v) is 3.62. The van der Waals surface area contributed by atoms with E-state index in [1.807, 2.05) is 12.1 Å². The molecule has 0 aliphatic carbocycles. The summed E-state index contributed by atoms with van der Waals surface area (Å²) >= 11 is 0. The second-order valence-electron chi connectivity index (χ2n) is 3.62. The van der Waals surface area contributed by atoms with E-state index in [4.69, 9.17) is 10.00 Å². The SMILES string of the molecule is N#Cc1cc(NCC2CNCCO2)ccn1. The van der Waals surface area contributed by atoms with E-state index in [0.29, 0.717) is 5.69 Å². The van der Waals surface area contributed by atoms with Crippen LogP contribution in [0.25, 0.3) is 0 Å². The van der Waals surface area contributed by atoms with E-state index in [0.717, 1.165) is 31.9 Å². The number of aromatic nitrogens is 1. The zero-order chi connectivity index (χ0) is 11.2. The summed E-state index contributed by atoms with van der Waals surface area (Å²) in [5, 5.41) is 15.2. The smallest absolute Gasteiger partial charge is 0.142 e. The van der Waals surface area contributed by atoms with Gasteiger partial charge >= 0.3 is 0 Å². The lowest BCUT2D eigenvalue weighted by Crippen LogP contribution is -2.42. The second kappa shape index (κ2) is 5.45. The van der Waals surface area contributed by atoms with Gasteiger partial charge in [-0.05, 0) is 12.1 Å². The molecule has 0 bridgehead atoms. The van der Waals surface area contributed by atoms with Gasteiger partial charge in [-0.1, -0.05) is 0 Å². The van der Waals surface area contributed by atoms with E-state index in [1.54, 1.807) is 12.3 Å². The lowest BCUT2D eigenvalue weighted by atomic mass is 10.3. The number of hydrogen-bond donors (Lipinski definition) is 2. The minimum atomic E-state index is 0.187. The molecule has 2 N–H and O–H groups in total. The number of nitriles is 1. The fraction of sp³-hybridized carbons (Fsp3) is 0.455. The Morgan fingerprint density at radius 3 is 3.38 bits per heavy atom. The number of anilines is 1. The topological polar surface area (TPSA) is 70.0 Å². The van der Waals surface area contributed by atoms with Gasteiger partial charge < -0.3 is 15.4 Å². The van der Waals surface area contributed by atoms with Crippen molar-refractivity contribution in [1.29, 1.82) is 5.26 Å². The Labute approximate surface area is 94.4 Å².